The molecule has 0 atom stereocenters. The van der Waals surface area contributed by atoms with Crippen LogP contribution in [0.3, 0.4) is 0 Å². The maximum atomic E-state index is 11.7. The van der Waals surface area contributed by atoms with Crippen LogP contribution in [0.25, 0.3) is 0 Å². The summed E-state index contributed by atoms with van der Waals surface area (Å²) in [5, 5.41) is 6.11. The van der Waals surface area contributed by atoms with Crippen molar-refractivity contribution in [2.24, 2.45) is 5.16 Å². The van der Waals surface area contributed by atoms with Crippen LogP contribution in [0.5, 0.6) is 11.5 Å². The van der Waals surface area contributed by atoms with Crippen LogP contribution in [0, 0.1) is 0 Å². The summed E-state index contributed by atoms with van der Waals surface area (Å²) in [7, 11) is 3.14. The number of carbonyl (C=O) groups excluding carboxylic acids is 2. The summed E-state index contributed by atoms with van der Waals surface area (Å²) in [4.78, 5) is 26.7. The maximum absolute atomic E-state index is 11.7. The van der Waals surface area contributed by atoms with Gasteiger partial charge in [-0.15, -0.1) is 0 Å². The Hall–Kier alpha value is -2.57. The van der Waals surface area contributed by atoms with Crippen molar-refractivity contribution in [3.63, 3.8) is 0 Å². The van der Waals surface area contributed by atoms with E-state index in [4.69, 9.17) is 9.47 Å². The van der Waals surface area contributed by atoms with E-state index < -0.39 is 5.97 Å². The second-order valence-corrected chi connectivity index (χ2v) is 4.45. The zero-order valence-corrected chi connectivity index (χ0v) is 13.1. The van der Waals surface area contributed by atoms with E-state index >= 15 is 0 Å². The third-order valence-corrected chi connectivity index (χ3v) is 2.79. The number of hydrogen-bond acceptors (Lipinski definition) is 6. The van der Waals surface area contributed by atoms with Crippen molar-refractivity contribution < 1.29 is 23.9 Å². The van der Waals surface area contributed by atoms with Crippen LogP contribution in [0.4, 0.5) is 0 Å². The van der Waals surface area contributed by atoms with Gasteiger partial charge in [0.05, 0.1) is 14.2 Å². The van der Waals surface area contributed by atoms with Gasteiger partial charge >= 0.3 is 5.97 Å². The summed E-state index contributed by atoms with van der Waals surface area (Å²) < 4.78 is 10.4. The van der Waals surface area contributed by atoms with Gasteiger partial charge in [0.25, 0.3) is 5.91 Å². The molecule has 0 spiro atoms. The van der Waals surface area contributed by atoms with Crippen LogP contribution in [0.1, 0.15) is 19.4 Å². The predicted octanol–water partition coefficient (Wildman–Crippen LogP) is 1.30. The number of amides is 1. The quantitative estimate of drug-likeness (QED) is 0.466. The van der Waals surface area contributed by atoms with Gasteiger partial charge in [-0.05, 0) is 31.0 Å². The average Bonchev–Trinajstić information content (AvgIpc) is 2.52. The monoisotopic (exact) mass is 308 g/mol. The number of ether oxygens (including phenoxy) is 2. The zero-order chi connectivity index (χ0) is 16.5. The van der Waals surface area contributed by atoms with Gasteiger partial charge in [-0.1, -0.05) is 11.2 Å². The van der Waals surface area contributed by atoms with Crippen molar-refractivity contribution in [3.05, 3.63) is 23.8 Å². The molecule has 0 aliphatic carbocycles. The van der Waals surface area contributed by atoms with Gasteiger partial charge in [-0.3, -0.25) is 4.79 Å². The molecule has 0 heterocycles. The maximum Gasteiger partial charge on any atom is 0.331 e. The van der Waals surface area contributed by atoms with Crippen molar-refractivity contribution in [1.29, 1.82) is 0 Å². The second-order valence-electron chi connectivity index (χ2n) is 4.45. The third-order valence-electron chi connectivity index (χ3n) is 2.79. The number of carbonyl (C=O) groups is 2. The molecule has 1 aromatic carbocycles. The van der Waals surface area contributed by atoms with E-state index in [1.807, 2.05) is 18.2 Å². The molecular weight excluding hydrogens is 288 g/mol. The van der Waals surface area contributed by atoms with Crippen molar-refractivity contribution in [3.8, 4) is 11.5 Å². The largest absolute Gasteiger partial charge is 0.493 e. The van der Waals surface area contributed by atoms with Crippen LogP contribution in [0.2, 0.25) is 0 Å². The lowest BCUT2D eigenvalue weighted by Crippen LogP contribution is -2.31. The van der Waals surface area contributed by atoms with Crippen molar-refractivity contribution in [1.82, 2.24) is 5.32 Å². The lowest BCUT2D eigenvalue weighted by atomic mass is 10.1. The van der Waals surface area contributed by atoms with Gasteiger partial charge in [0.15, 0.2) is 11.5 Å². The molecule has 1 amide bonds. The molecule has 0 saturated carbocycles. The second kappa shape index (κ2) is 8.66. The first-order chi connectivity index (χ1) is 10.5. The summed E-state index contributed by atoms with van der Waals surface area (Å²) in [6.07, 6.45) is 0.618. The van der Waals surface area contributed by atoms with E-state index in [0.717, 1.165) is 5.56 Å². The number of hydrogen-bond donors (Lipinski definition) is 1. The minimum atomic E-state index is -0.572. The highest BCUT2D eigenvalue weighted by molar-refractivity contribution is 6.37. The molecule has 0 radical (unpaired) electrons. The molecule has 1 aromatic rings. The molecule has 22 heavy (non-hydrogen) atoms. The Balaban J connectivity index is 2.52. The van der Waals surface area contributed by atoms with E-state index in [9.17, 15) is 9.59 Å². The summed E-state index contributed by atoms with van der Waals surface area (Å²) in [5.74, 6) is 0.331. The summed E-state index contributed by atoms with van der Waals surface area (Å²) in [6, 6.07) is 5.56. The number of rotatable bonds is 7. The molecular formula is C15H20N2O5. The Bertz CT molecular complexity index is 569. The first kappa shape index (κ1) is 17.5. The fourth-order valence-electron chi connectivity index (χ4n) is 1.66. The van der Waals surface area contributed by atoms with Crippen molar-refractivity contribution in [2.45, 2.75) is 20.3 Å². The normalized spacial score (nSPS) is 10.8. The smallest absolute Gasteiger partial charge is 0.331 e. The Morgan fingerprint density at radius 1 is 1.14 bits per heavy atom. The Kier molecular flexibility index (Phi) is 6.88. The van der Waals surface area contributed by atoms with E-state index in [0.29, 0.717) is 24.5 Å². The van der Waals surface area contributed by atoms with E-state index in [-0.39, 0.29) is 11.6 Å². The lowest BCUT2D eigenvalue weighted by molar-refractivity contribution is -0.140. The molecule has 120 valence electrons. The molecule has 0 aromatic heterocycles. The van der Waals surface area contributed by atoms with Crippen LogP contribution < -0.4 is 14.8 Å². The van der Waals surface area contributed by atoms with Gasteiger partial charge in [0, 0.05) is 13.5 Å². The predicted molar refractivity (Wildman–Crippen MR) is 81.1 cm³/mol. The minimum absolute atomic E-state index is 0.0857. The molecule has 7 heteroatoms. The fourth-order valence-corrected chi connectivity index (χ4v) is 1.66. The fraction of sp³-hybridized carbons (Fsp3) is 0.400. The van der Waals surface area contributed by atoms with Gasteiger partial charge in [-0.2, -0.15) is 0 Å². The average molecular weight is 308 g/mol. The summed E-state index contributed by atoms with van der Waals surface area (Å²) >= 11 is 0. The minimum Gasteiger partial charge on any atom is -0.493 e. The molecule has 1 rings (SSSR count). The number of nitrogens with one attached hydrogen (secondary N) is 1. The zero-order valence-electron chi connectivity index (χ0n) is 13.1. The van der Waals surface area contributed by atoms with Crippen LogP contribution in [0.15, 0.2) is 23.4 Å². The van der Waals surface area contributed by atoms with Gasteiger partial charge in [0.2, 0.25) is 0 Å². The van der Waals surface area contributed by atoms with Gasteiger partial charge in [-0.25, -0.2) is 4.79 Å². The van der Waals surface area contributed by atoms with Crippen LogP contribution >= 0.6 is 0 Å². The first-order valence-electron chi connectivity index (χ1n) is 6.69. The van der Waals surface area contributed by atoms with E-state index in [2.05, 4.69) is 15.3 Å². The molecule has 7 nitrogen and oxygen atoms in total. The first-order valence-corrected chi connectivity index (χ1v) is 6.69. The van der Waals surface area contributed by atoms with Gasteiger partial charge in [0.1, 0.15) is 5.71 Å². The van der Waals surface area contributed by atoms with Gasteiger partial charge < -0.3 is 19.6 Å². The Morgan fingerprint density at radius 2 is 1.82 bits per heavy atom. The number of oxime groups is 1. The van der Waals surface area contributed by atoms with Crippen LogP contribution in [-0.2, 0) is 20.8 Å². The highest BCUT2D eigenvalue weighted by atomic mass is 16.7. The molecule has 0 aliphatic rings. The highest BCUT2D eigenvalue weighted by Crippen LogP contribution is 2.27. The Labute approximate surface area is 129 Å². The van der Waals surface area contributed by atoms with E-state index in [1.165, 1.54) is 13.8 Å². The van der Waals surface area contributed by atoms with Crippen molar-refractivity contribution >= 4 is 17.6 Å². The van der Waals surface area contributed by atoms with E-state index in [1.54, 1.807) is 14.2 Å². The van der Waals surface area contributed by atoms with Crippen LogP contribution in [-0.4, -0.2) is 38.4 Å². The molecule has 0 unspecified atom stereocenters. The molecule has 1 N–H and O–H groups in total. The molecule has 0 saturated heterocycles. The highest BCUT2D eigenvalue weighted by Gasteiger charge is 2.08. The summed E-state index contributed by atoms with van der Waals surface area (Å²) in [5.41, 5.74) is 1.08. The standard InChI is InChI=1S/C15H20N2O5/c1-10(17-22-11(2)18)15(19)16-8-7-12-5-6-13(20-3)14(9-12)21-4/h5-6,9H,7-8H2,1-4H3,(H,16,19). The third kappa shape index (κ3) is 5.43. The molecule has 0 fully saturated rings. The topological polar surface area (TPSA) is 86.2 Å². The number of nitrogens with zero attached hydrogens (tertiary/aromatic N) is 1. The Morgan fingerprint density at radius 3 is 2.41 bits per heavy atom. The van der Waals surface area contributed by atoms with Crippen molar-refractivity contribution in [2.75, 3.05) is 20.8 Å². The lowest BCUT2D eigenvalue weighted by Gasteiger charge is -2.10. The number of benzene rings is 1. The number of methoxy groups -OCH3 is 2. The molecule has 0 aliphatic heterocycles. The molecule has 0 bridgehead atoms. The SMILES string of the molecule is COc1ccc(CCNC(=O)C(C)=NOC(C)=O)cc1OC. The summed E-state index contributed by atoms with van der Waals surface area (Å²) in [6.45, 7) is 3.10.